The van der Waals surface area contributed by atoms with Crippen molar-refractivity contribution in [2.24, 2.45) is 0 Å². The summed E-state index contributed by atoms with van der Waals surface area (Å²) in [5.74, 6) is -1.78. The molecule has 12 heteroatoms. The number of alkyl halides is 6. The van der Waals surface area contributed by atoms with Crippen molar-refractivity contribution in [3.05, 3.63) is 25.4 Å². The van der Waals surface area contributed by atoms with Crippen LogP contribution in [-0.2, 0) is 6.18 Å². The van der Waals surface area contributed by atoms with Crippen molar-refractivity contribution < 1.29 is 36.0 Å². The van der Waals surface area contributed by atoms with E-state index in [0.29, 0.717) is 0 Å². The molecule has 106 valence electrons. The summed E-state index contributed by atoms with van der Waals surface area (Å²) in [5, 5.41) is 10.4. The first-order valence-electron chi connectivity index (χ1n) is 4.09. The Labute approximate surface area is 113 Å². The van der Waals surface area contributed by atoms with Gasteiger partial charge in [0.15, 0.2) is 3.70 Å². The highest BCUT2D eigenvalue weighted by Crippen LogP contribution is 2.40. The molecule has 19 heavy (non-hydrogen) atoms. The minimum Gasteiger partial charge on any atom is -0.387 e. The van der Waals surface area contributed by atoms with Crippen LogP contribution in [0, 0.1) is 13.8 Å². The number of ether oxygens (including phenoxy) is 1. The van der Waals surface area contributed by atoms with Crippen LogP contribution in [0.1, 0.15) is 5.56 Å². The van der Waals surface area contributed by atoms with Gasteiger partial charge in [-0.1, -0.05) is 0 Å². The maximum absolute atomic E-state index is 12.5. The quantitative estimate of drug-likeness (QED) is 0.250. The zero-order valence-corrected chi connectivity index (χ0v) is 10.5. The normalized spacial score (nSPS) is 12.4. The van der Waals surface area contributed by atoms with E-state index in [9.17, 15) is 36.5 Å². The molecule has 0 unspecified atom stereocenters. The van der Waals surface area contributed by atoms with E-state index in [4.69, 9.17) is 0 Å². The van der Waals surface area contributed by atoms with Crippen molar-refractivity contribution in [2.45, 2.75) is 12.5 Å². The molecule has 0 atom stereocenters. The maximum atomic E-state index is 12.5. The predicted molar refractivity (Wildman–Crippen MR) is 55.3 cm³/mol. The molecule has 0 N–H and O–H groups in total. The molecule has 0 amide bonds. The summed E-state index contributed by atoms with van der Waals surface area (Å²) >= 11 is 1.13. The van der Waals surface area contributed by atoms with Gasteiger partial charge in [-0.15, -0.1) is 13.2 Å². The Bertz CT molecular complexity index is 515. The third-order valence-corrected chi connectivity index (χ3v) is 2.43. The van der Waals surface area contributed by atoms with E-state index >= 15 is 0 Å². The summed E-state index contributed by atoms with van der Waals surface area (Å²) in [5.41, 5.74) is -3.04. The summed E-state index contributed by atoms with van der Waals surface area (Å²) < 4.78 is 75.7. The SMILES string of the molecule is O=[N+]([O-])c1cc(C(F)(F)F)c(OC(F)(F)F)nc1I. The van der Waals surface area contributed by atoms with Crippen LogP contribution in [0.5, 0.6) is 5.88 Å². The summed E-state index contributed by atoms with van der Waals surface area (Å²) in [6.45, 7) is 0. The Morgan fingerprint density at radius 3 is 2.16 bits per heavy atom. The Hall–Kier alpha value is -1.34. The second kappa shape index (κ2) is 4.97. The van der Waals surface area contributed by atoms with Gasteiger partial charge in [-0.25, -0.2) is 0 Å². The molecule has 0 aliphatic rings. The fourth-order valence-corrected chi connectivity index (χ4v) is 1.55. The zero-order valence-electron chi connectivity index (χ0n) is 8.34. The largest absolute Gasteiger partial charge is 0.574 e. The van der Waals surface area contributed by atoms with Crippen LogP contribution >= 0.6 is 22.6 Å². The summed E-state index contributed by atoms with van der Waals surface area (Å²) in [6.07, 6.45) is -10.7. The van der Waals surface area contributed by atoms with Crippen molar-refractivity contribution in [3.8, 4) is 5.88 Å². The molecule has 0 saturated heterocycles. The molecule has 0 aliphatic carbocycles. The molecule has 1 aromatic heterocycles. The van der Waals surface area contributed by atoms with Crippen molar-refractivity contribution in [2.75, 3.05) is 0 Å². The maximum Gasteiger partial charge on any atom is 0.574 e. The molecule has 0 spiro atoms. The lowest BCUT2D eigenvalue weighted by atomic mass is 10.2. The molecular formula is C7HF6IN2O3. The van der Waals surface area contributed by atoms with Crippen molar-refractivity contribution in [1.82, 2.24) is 4.98 Å². The van der Waals surface area contributed by atoms with E-state index in [1.807, 2.05) is 0 Å². The number of nitro groups is 1. The van der Waals surface area contributed by atoms with Gasteiger partial charge in [0.05, 0.1) is 4.92 Å². The summed E-state index contributed by atoms with van der Waals surface area (Å²) in [4.78, 5) is 12.1. The molecule has 0 aliphatic heterocycles. The van der Waals surface area contributed by atoms with E-state index in [2.05, 4.69) is 9.72 Å². The van der Waals surface area contributed by atoms with Crippen LogP contribution in [0.3, 0.4) is 0 Å². The average Bonchev–Trinajstić information content (AvgIpc) is 2.11. The molecule has 0 saturated carbocycles. The molecule has 0 fully saturated rings. The fourth-order valence-electron chi connectivity index (χ4n) is 0.983. The molecule has 0 aromatic carbocycles. The van der Waals surface area contributed by atoms with Crippen molar-refractivity contribution in [3.63, 3.8) is 0 Å². The van der Waals surface area contributed by atoms with E-state index < -0.39 is 38.3 Å². The lowest BCUT2D eigenvalue weighted by molar-refractivity contribution is -0.386. The molecule has 0 radical (unpaired) electrons. The first kappa shape index (κ1) is 15.7. The van der Waals surface area contributed by atoms with Gasteiger partial charge in [-0.05, 0) is 22.6 Å². The van der Waals surface area contributed by atoms with Gasteiger partial charge in [-0.3, -0.25) is 10.1 Å². The number of hydrogen-bond acceptors (Lipinski definition) is 4. The monoisotopic (exact) mass is 402 g/mol. The first-order chi connectivity index (χ1) is 8.42. The minimum atomic E-state index is -5.40. The standard InChI is InChI=1S/C7HF6IN2O3/c8-6(9,10)2-1-3(16(17)18)4(14)15-5(2)19-7(11,12)13/h1H. The number of halogens is 7. The molecule has 1 rings (SSSR count). The van der Waals surface area contributed by atoms with Crippen LogP contribution in [-0.4, -0.2) is 16.3 Å². The number of pyridine rings is 1. The number of aromatic nitrogens is 1. The van der Waals surface area contributed by atoms with Gasteiger partial charge in [-0.2, -0.15) is 18.2 Å². The third-order valence-electron chi connectivity index (χ3n) is 1.64. The molecule has 1 heterocycles. The van der Waals surface area contributed by atoms with Gasteiger partial charge in [0.25, 0.3) is 0 Å². The Kier molecular flexibility index (Phi) is 4.11. The van der Waals surface area contributed by atoms with Crippen LogP contribution < -0.4 is 4.74 Å². The first-order valence-corrected chi connectivity index (χ1v) is 5.17. The van der Waals surface area contributed by atoms with Crippen molar-refractivity contribution in [1.29, 1.82) is 0 Å². The van der Waals surface area contributed by atoms with E-state index in [0.717, 1.165) is 22.6 Å². The lowest BCUT2D eigenvalue weighted by Crippen LogP contribution is -2.21. The third kappa shape index (κ3) is 4.07. The molecule has 0 bridgehead atoms. The van der Waals surface area contributed by atoms with Gasteiger partial charge >= 0.3 is 18.2 Å². The van der Waals surface area contributed by atoms with Gasteiger partial charge in [0.1, 0.15) is 5.56 Å². The highest BCUT2D eigenvalue weighted by atomic mass is 127. The summed E-state index contributed by atoms with van der Waals surface area (Å²) in [7, 11) is 0. The van der Waals surface area contributed by atoms with Crippen LogP contribution in [0.15, 0.2) is 6.07 Å². The Balaban J connectivity index is 3.46. The van der Waals surface area contributed by atoms with Gasteiger partial charge in [0, 0.05) is 6.07 Å². The van der Waals surface area contributed by atoms with Gasteiger partial charge in [0.2, 0.25) is 5.88 Å². The Morgan fingerprint density at radius 2 is 1.79 bits per heavy atom. The molecule has 5 nitrogen and oxygen atoms in total. The molecular weight excluding hydrogens is 401 g/mol. The second-order valence-electron chi connectivity index (χ2n) is 2.95. The zero-order chi connectivity index (χ0) is 15.0. The van der Waals surface area contributed by atoms with Crippen LogP contribution in [0.2, 0.25) is 0 Å². The fraction of sp³-hybridized carbons (Fsp3) is 0.286. The lowest BCUT2D eigenvalue weighted by Gasteiger charge is -2.14. The average molecular weight is 402 g/mol. The van der Waals surface area contributed by atoms with Gasteiger partial charge < -0.3 is 4.74 Å². The molecule has 1 aromatic rings. The number of rotatable bonds is 2. The highest BCUT2D eigenvalue weighted by Gasteiger charge is 2.42. The van der Waals surface area contributed by atoms with E-state index in [-0.39, 0.29) is 6.07 Å². The number of hydrogen-bond donors (Lipinski definition) is 0. The van der Waals surface area contributed by atoms with Crippen molar-refractivity contribution >= 4 is 28.3 Å². The Morgan fingerprint density at radius 1 is 1.26 bits per heavy atom. The number of nitrogens with zero attached hydrogens (tertiary/aromatic N) is 2. The summed E-state index contributed by atoms with van der Waals surface area (Å²) in [6, 6.07) is -0.0597. The highest BCUT2D eigenvalue weighted by molar-refractivity contribution is 14.1. The van der Waals surface area contributed by atoms with E-state index in [1.165, 1.54) is 0 Å². The smallest absolute Gasteiger partial charge is 0.387 e. The minimum absolute atomic E-state index is 0.0597. The van der Waals surface area contributed by atoms with Crippen LogP contribution in [0.25, 0.3) is 0 Å². The topological polar surface area (TPSA) is 65.3 Å². The second-order valence-corrected chi connectivity index (χ2v) is 3.98. The van der Waals surface area contributed by atoms with Crippen LogP contribution in [0.4, 0.5) is 32.0 Å². The predicted octanol–water partition coefficient (Wildman–Crippen LogP) is 3.51. The van der Waals surface area contributed by atoms with E-state index in [1.54, 1.807) is 0 Å².